The molecule has 1 aromatic carbocycles. The van der Waals surface area contributed by atoms with Crippen LogP contribution in [-0.2, 0) is 0 Å². The Labute approximate surface area is 116 Å². The largest absolute Gasteiger partial charge is 0.506 e. The number of unbranched alkanes of at least 4 members (excludes halogenated alkanes) is 1. The van der Waals surface area contributed by atoms with Crippen molar-refractivity contribution < 1.29 is 15.0 Å². The molecule has 0 aliphatic heterocycles. The summed E-state index contributed by atoms with van der Waals surface area (Å²) in [6, 6.07) is 3.11. The molecule has 1 aromatic rings. The number of amides is 1. The van der Waals surface area contributed by atoms with Gasteiger partial charge in [0.05, 0.1) is 8.95 Å². The van der Waals surface area contributed by atoms with Gasteiger partial charge in [-0.2, -0.15) is 0 Å². The van der Waals surface area contributed by atoms with Gasteiger partial charge in [0, 0.05) is 18.7 Å². The van der Waals surface area contributed by atoms with Gasteiger partial charge in [-0.15, -0.1) is 0 Å². The molecule has 0 spiro atoms. The van der Waals surface area contributed by atoms with Crippen LogP contribution in [0.4, 0.5) is 0 Å². The lowest BCUT2D eigenvalue weighted by molar-refractivity contribution is 0.0952. The van der Waals surface area contributed by atoms with Crippen LogP contribution in [0.1, 0.15) is 23.2 Å². The minimum absolute atomic E-state index is 0.0711. The summed E-state index contributed by atoms with van der Waals surface area (Å²) in [6.45, 7) is 0.654. The second-order valence-corrected chi connectivity index (χ2v) is 5.18. The first kappa shape index (κ1) is 14.5. The molecule has 0 saturated heterocycles. The number of aliphatic hydroxyl groups excluding tert-OH is 1. The molecule has 3 N–H and O–H groups in total. The lowest BCUT2D eigenvalue weighted by atomic mass is 10.2. The monoisotopic (exact) mass is 365 g/mol. The van der Waals surface area contributed by atoms with E-state index >= 15 is 0 Å². The zero-order chi connectivity index (χ0) is 12.8. The molecule has 94 valence electrons. The van der Waals surface area contributed by atoms with E-state index in [-0.39, 0.29) is 18.3 Å². The van der Waals surface area contributed by atoms with Gasteiger partial charge in [0.1, 0.15) is 5.75 Å². The maximum Gasteiger partial charge on any atom is 0.251 e. The number of hydrogen-bond donors (Lipinski definition) is 3. The second kappa shape index (κ2) is 6.98. The molecule has 4 nitrogen and oxygen atoms in total. The predicted molar refractivity (Wildman–Crippen MR) is 72.2 cm³/mol. The maximum absolute atomic E-state index is 11.7. The highest BCUT2D eigenvalue weighted by atomic mass is 79.9. The summed E-state index contributed by atoms with van der Waals surface area (Å²) in [5.74, 6) is -0.133. The topological polar surface area (TPSA) is 69.6 Å². The molecule has 0 fully saturated rings. The summed E-state index contributed by atoms with van der Waals surface area (Å²) >= 11 is 6.33. The van der Waals surface area contributed by atoms with Gasteiger partial charge in [-0.3, -0.25) is 4.79 Å². The molecule has 17 heavy (non-hydrogen) atoms. The van der Waals surface area contributed by atoms with Crippen LogP contribution in [0.15, 0.2) is 21.1 Å². The highest BCUT2D eigenvalue weighted by molar-refractivity contribution is 9.11. The van der Waals surface area contributed by atoms with E-state index in [1.807, 2.05) is 0 Å². The standard InChI is InChI=1S/C11H13Br2NO3/c12-8-5-7(6-9(13)10(8)16)11(17)14-3-1-2-4-15/h5-6,15-16H,1-4H2,(H,14,17). The fourth-order valence-corrected chi connectivity index (χ4v) is 2.42. The van der Waals surface area contributed by atoms with Crippen molar-refractivity contribution in [3.05, 3.63) is 26.6 Å². The lowest BCUT2D eigenvalue weighted by Crippen LogP contribution is -2.24. The Bertz CT molecular complexity index is 387. The van der Waals surface area contributed by atoms with Crippen LogP contribution < -0.4 is 5.32 Å². The Kier molecular flexibility index (Phi) is 5.94. The quantitative estimate of drug-likeness (QED) is 0.701. The highest BCUT2D eigenvalue weighted by Gasteiger charge is 2.11. The number of halogens is 2. The van der Waals surface area contributed by atoms with Crippen LogP contribution in [0.5, 0.6) is 5.75 Å². The van der Waals surface area contributed by atoms with E-state index in [4.69, 9.17) is 5.11 Å². The van der Waals surface area contributed by atoms with Crippen LogP contribution in [-0.4, -0.2) is 29.3 Å². The number of carbonyl (C=O) groups is 1. The number of nitrogens with one attached hydrogen (secondary N) is 1. The molecule has 0 atom stereocenters. The average molecular weight is 367 g/mol. The van der Waals surface area contributed by atoms with Crippen molar-refractivity contribution in [1.82, 2.24) is 5.32 Å². The van der Waals surface area contributed by atoms with E-state index in [0.717, 1.165) is 6.42 Å². The summed E-state index contributed by atoms with van der Waals surface area (Å²) in [6.07, 6.45) is 1.41. The first-order chi connectivity index (χ1) is 8.06. The lowest BCUT2D eigenvalue weighted by Gasteiger charge is -2.07. The third-order valence-electron chi connectivity index (χ3n) is 2.15. The average Bonchev–Trinajstić information content (AvgIpc) is 2.30. The first-order valence-corrected chi connectivity index (χ1v) is 6.72. The molecule has 0 heterocycles. The van der Waals surface area contributed by atoms with Crippen LogP contribution >= 0.6 is 31.9 Å². The second-order valence-electron chi connectivity index (χ2n) is 3.48. The van der Waals surface area contributed by atoms with Crippen LogP contribution in [0.2, 0.25) is 0 Å². The summed E-state index contributed by atoms with van der Waals surface area (Å²) < 4.78 is 0.930. The van der Waals surface area contributed by atoms with Crippen molar-refractivity contribution in [3.8, 4) is 5.75 Å². The van der Waals surface area contributed by atoms with E-state index < -0.39 is 0 Å². The van der Waals surface area contributed by atoms with Crippen molar-refractivity contribution in [2.45, 2.75) is 12.8 Å². The van der Waals surface area contributed by atoms with Crippen LogP contribution in [0.25, 0.3) is 0 Å². The van der Waals surface area contributed by atoms with E-state index in [0.29, 0.717) is 27.5 Å². The van der Waals surface area contributed by atoms with Gasteiger partial charge in [-0.05, 0) is 56.8 Å². The minimum atomic E-state index is -0.204. The number of aliphatic hydroxyl groups is 1. The van der Waals surface area contributed by atoms with Crippen LogP contribution in [0, 0.1) is 0 Å². The van der Waals surface area contributed by atoms with Gasteiger partial charge in [-0.1, -0.05) is 0 Å². The maximum atomic E-state index is 11.7. The number of aromatic hydroxyl groups is 1. The number of carbonyl (C=O) groups excluding carboxylic acids is 1. The number of benzene rings is 1. The molecule has 0 aromatic heterocycles. The zero-order valence-electron chi connectivity index (χ0n) is 9.04. The SMILES string of the molecule is O=C(NCCCCO)c1cc(Br)c(O)c(Br)c1. The summed E-state index contributed by atoms with van der Waals surface area (Å²) in [7, 11) is 0. The van der Waals surface area contributed by atoms with E-state index in [2.05, 4.69) is 37.2 Å². The fraction of sp³-hybridized carbons (Fsp3) is 0.364. The van der Waals surface area contributed by atoms with E-state index in [1.165, 1.54) is 0 Å². The van der Waals surface area contributed by atoms with Gasteiger partial charge >= 0.3 is 0 Å². The molecular formula is C11H13Br2NO3. The third-order valence-corrected chi connectivity index (χ3v) is 3.36. The van der Waals surface area contributed by atoms with Gasteiger partial charge < -0.3 is 15.5 Å². The Hall–Kier alpha value is -0.590. The predicted octanol–water partition coefficient (Wildman–Crippen LogP) is 2.42. The Morgan fingerprint density at radius 3 is 2.35 bits per heavy atom. The normalized spacial score (nSPS) is 10.3. The summed E-state index contributed by atoms with van der Waals surface area (Å²) in [4.78, 5) is 11.7. The molecule has 0 unspecified atom stereocenters. The summed E-state index contributed by atoms with van der Waals surface area (Å²) in [5, 5.41) is 20.8. The number of rotatable bonds is 5. The fourth-order valence-electron chi connectivity index (χ4n) is 1.24. The molecule has 0 aliphatic carbocycles. The van der Waals surface area contributed by atoms with E-state index in [9.17, 15) is 9.90 Å². The minimum Gasteiger partial charge on any atom is -0.506 e. The van der Waals surface area contributed by atoms with Crippen molar-refractivity contribution >= 4 is 37.8 Å². The smallest absolute Gasteiger partial charge is 0.251 e. The number of phenols is 1. The molecule has 6 heteroatoms. The third kappa shape index (κ3) is 4.29. The molecule has 0 aliphatic rings. The molecule has 1 rings (SSSR count). The van der Waals surface area contributed by atoms with Gasteiger partial charge in [-0.25, -0.2) is 0 Å². The first-order valence-electron chi connectivity index (χ1n) is 5.13. The van der Waals surface area contributed by atoms with Crippen molar-refractivity contribution in [2.24, 2.45) is 0 Å². The molecule has 1 amide bonds. The number of hydrogen-bond acceptors (Lipinski definition) is 3. The summed E-state index contributed by atoms with van der Waals surface area (Å²) in [5.41, 5.74) is 0.463. The number of phenolic OH excluding ortho intramolecular Hbond substituents is 1. The molecule has 0 radical (unpaired) electrons. The van der Waals surface area contributed by atoms with Crippen molar-refractivity contribution in [2.75, 3.05) is 13.2 Å². The van der Waals surface area contributed by atoms with Crippen molar-refractivity contribution in [3.63, 3.8) is 0 Å². The van der Waals surface area contributed by atoms with Gasteiger partial charge in [0.15, 0.2) is 0 Å². The highest BCUT2D eigenvalue weighted by Crippen LogP contribution is 2.33. The van der Waals surface area contributed by atoms with E-state index in [1.54, 1.807) is 12.1 Å². The Morgan fingerprint density at radius 1 is 1.24 bits per heavy atom. The van der Waals surface area contributed by atoms with Crippen molar-refractivity contribution in [1.29, 1.82) is 0 Å². The van der Waals surface area contributed by atoms with Gasteiger partial charge in [0.2, 0.25) is 0 Å². The molecule has 0 bridgehead atoms. The molecule has 0 saturated carbocycles. The Balaban J connectivity index is 2.63. The van der Waals surface area contributed by atoms with Gasteiger partial charge in [0.25, 0.3) is 5.91 Å². The zero-order valence-corrected chi connectivity index (χ0v) is 12.2. The van der Waals surface area contributed by atoms with Crippen LogP contribution in [0.3, 0.4) is 0 Å². The Morgan fingerprint density at radius 2 is 1.82 bits per heavy atom. The molecular weight excluding hydrogens is 354 g/mol.